The number of likely N-dealkylation sites (tertiary alicyclic amines) is 1. The summed E-state index contributed by atoms with van der Waals surface area (Å²) in [4.78, 5) is 29.3. The first-order valence-corrected chi connectivity index (χ1v) is 11.8. The Kier molecular flexibility index (Phi) is 6.56. The maximum absolute atomic E-state index is 13.2. The number of fused-ring (bicyclic) bond motifs is 1. The van der Waals surface area contributed by atoms with E-state index in [0.29, 0.717) is 25.6 Å². The van der Waals surface area contributed by atoms with E-state index in [0.717, 1.165) is 63.1 Å². The van der Waals surface area contributed by atoms with E-state index in [9.17, 15) is 9.59 Å². The highest BCUT2D eigenvalue weighted by Gasteiger charge is 2.56. The summed E-state index contributed by atoms with van der Waals surface area (Å²) in [6.45, 7) is 8.90. The van der Waals surface area contributed by atoms with Crippen LogP contribution in [0.4, 0.5) is 0 Å². The van der Waals surface area contributed by atoms with Crippen LogP contribution in [0.5, 0.6) is 5.75 Å². The molecule has 170 valence electrons. The molecule has 1 atom stereocenters. The van der Waals surface area contributed by atoms with Gasteiger partial charge >= 0.3 is 5.97 Å². The fourth-order valence-electron chi connectivity index (χ4n) is 5.43. The molecule has 2 heterocycles. The summed E-state index contributed by atoms with van der Waals surface area (Å²) in [6.07, 6.45) is 4.89. The lowest BCUT2D eigenvalue weighted by Gasteiger charge is -2.30. The first-order valence-electron chi connectivity index (χ1n) is 11.8. The van der Waals surface area contributed by atoms with Gasteiger partial charge in [-0.1, -0.05) is 19.9 Å². The van der Waals surface area contributed by atoms with E-state index in [4.69, 9.17) is 9.47 Å². The Morgan fingerprint density at radius 1 is 1.16 bits per heavy atom. The highest BCUT2D eigenvalue weighted by atomic mass is 16.5. The van der Waals surface area contributed by atoms with Crippen molar-refractivity contribution in [3.05, 3.63) is 29.3 Å². The molecule has 6 nitrogen and oxygen atoms in total. The van der Waals surface area contributed by atoms with Crippen LogP contribution in [0.3, 0.4) is 0 Å². The number of nitrogens with zero attached hydrogens (tertiary/aromatic N) is 2. The molecule has 0 N–H and O–H groups in total. The van der Waals surface area contributed by atoms with Gasteiger partial charge in [0.2, 0.25) is 5.91 Å². The number of ether oxygens (including phenoxy) is 2. The number of amides is 1. The van der Waals surface area contributed by atoms with E-state index < -0.39 is 0 Å². The Labute approximate surface area is 185 Å². The van der Waals surface area contributed by atoms with Crippen molar-refractivity contribution in [2.24, 2.45) is 17.3 Å². The van der Waals surface area contributed by atoms with Gasteiger partial charge in [0.25, 0.3) is 0 Å². The number of hydrogen-bond donors (Lipinski definition) is 0. The van der Waals surface area contributed by atoms with Crippen molar-refractivity contribution in [2.75, 3.05) is 33.4 Å². The highest BCUT2D eigenvalue weighted by molar-refractivity contribution is 5.83. The Morgan fingerprint density at radius 3 is 2.55 bits per heavy atom. The van der Waals surface area contributed by atoms with Crippen LogP contribution in [0.2, 0.25) is 0 Å². The third-order valence-corrected chi connectivity index (χ3v) is 7.84. The van der Waals surface area contributed by atoms with Gasteiger partial charge in [-0.05, 0) is 68.3 Å². The molecule has 0 unspecified atom stereocenters. The first-order chi connectivity index (χ1) is 15.0. The van der Waals surface area contributed by atoms with Gasteiger partial charge in [-0.15, -0.1) is 0 Å². The molecule has 0 aromatic heterocycles. The second kappa shape index (κ2) is 9.19. The molecule has 2 aliphatic heterocycles. The quantitative estimate of drug-likeness (QED) is 0.648. The molecule has 1 aromatic rings. The lowest BCUT2D eigenvalue weighted by Crippen LogP contribution is -2.36. The van der Waals surface area contributed by atoms with Crippen LogP contribution in [-0.4, -0.2) is 55.0 Å². The average molecular weight is 429 g/mol. The summed E-state index contributed by atoms with van der Waals surface area (Å²) in [7, 11) is 1.47. The predicted molar refractivity (Wildman–Crippen MR) is 118 cm³/mol. The minimum absolute atomic E-state index is 0.0297. The third-order valence-electron chi connectivity index (χ3n) is 7.84. The summed E-state index contributed by atoms with van der Waals surface area (Å²) >= 11 is 0. The largest absolute Gasteiger partial charge is 0.491 e. The van der Waals surface area contributed by atoms with E-state index in [1.165, 1.54) is 12.7 Å². The number of hydrogen-bond acceptors (Lipinski definition) is 5. The summed E-state index contributed by atoms with van der Waals surface area (Å²) in [6, 6.07) is 6.38. The number of esters is 1. The van der Waals surface area contributed by atoms with Crippen LogP contribution in [0, 0.1) is 17.3 Å². The predicted octanol–water partition coefficient (Wildman–Crippen LogP) is 3.62. The van der Waals surface area contributed by atoms with E-state index in [1.807, 2.05) is 4.90 Å². The second-order valence-electron chi connectivity index (χ2n) is 9.45. The molecule has 1 amide bonds. The van der Waals surface area contributed by atoms with Crippen LogP contribution in [0.25, 0.3) is 0 Å². The molecule has 4 rings (SSSR count). The minimum atomic E-state index is -0.0857. The normalized spacial score (nSPS) is 23.5. The standard InChI is InChI=1S/C25H36N2O4/c1-4-25(5-2)15-21(25)23(28)27-12-13-31-22-7-6-18(14-20(22)17-27)16-26-10-8-19(9-11-26)24(29)30-3/h6-7,14,19,21H,4-5,8-13,15-17H2,1-3H3/t21-/m1/s1. The van der Waals surface area contributed by atoms with Gasteiger partial charge in [0.15, 0.2) is 0 Å². The second-order valence-corrected chi connectivity index (χ2v) is 9.45. The Bertz CT molecular complexity index is 812. The van der Waals surface area contributed by atoms with Gasteiger partial charge in [-0.2, -0.15) is 0 Å². The van der Waals surface area contributed by atoms with Crippen molar-refractivity contribution >= 4 is 11.9 Å². The topological polar surface area (TPSA) is 59.1 Å². The number of piperidine rings is 1. The molecule has 1 saturated carbocycles. The van der Waals surface area contributed by atoms with Crippen LogP contribution < -0.4 is 4.74 Å². The van der Waals surface area contributed by atoms with E-state index >= 15 is 0 Å². The zero-order valence-electron chi connectivity index (χ0n) is 19.2. The maximum atomic E-state index is 13.2. The van der Waals surface area contributed by atoms with Gasteiger partial charge in [0.05, 0.1) is 19.6 Å². The minimum Gasteiger partial charge on any atom is -0.491 e. The van der Waals surface area contributed by atoms with Crippen molar-refractivity contribution in [3.8, 4) is 5.75 Å². The average Bonchev–Trinajstić information content (AvgIpc) is 3.57. The summed E-state index contributed by atoms with van der Waals surface area (Å²) < 4.78 is 10.9. The molecule has 1 aliphatic carbocycles. The molecule has 6 heteroatoms. The third kappa shape index (κ3) is 4.59. The zero-order chi connectivity index (χ0) is 22.0. The molecule has 0 spiro atoms. The number of methoxy groups -OCH3 is 1. The number of carbonyl (C=O) groups excluding carboxylic acids is 2. The van der Waals surface area contributed by atoms with Crippen LogP contribution >= 0.6 is 0 Å². The van der Waals surface area contributed by atoms with Gasteiger partial charge in [-0.3, -0.25) is 14.5 Å². The van der Waals surface area contributed by atoms with Crippen molar-refractivity contribution in [3.63, 3.8) is 0 Å². The molecule has 31 heavy (non-hydrogen) atoms. The van der Waals surface area contributed by atoms with E-state index in [-0.39, 0.29) is 23.2 Å². The molecule has 0 bridgehead atoms. The smallest absolute Gasteiger partial charge is 0.308 e. The van der Waals surface area contributed by atoms with Crippen LogP contribution in [0.15, 0.2) is 18.2 Å². The number of carbonyl (C=O) groups is 2. The fourth-order valence-corrected chi connectivity index (χ4v) is 5.43. The molecule has 0 radical (unpaired) electrons. The molecule has 1 aromatic carbocycles. The molecular weight excluding hydrogens is 392 g/mol. The first kappa shape index (κ1) is 22.1. The van der Waals surface area contributed by atoms with E-state index in [2.05, 4.69) is 36.9 Å². The fraction of sp³-hybridized carbons (Fsp3) is 0.680. The van der Waals surface area contributed by atoms with Gasteiger partial charge in [0.1, 0.15) is 12.4 Å². The zero-order valence-corrected chi connectivity index (χ0v) is 19.2. The maximum Gasteiger partial charge on any atom is 0.308 e. The van der Waals surface area contributed by atoms with Gasteiger partial charge in [0, 0.05) is 24.6 Å². The summed E-state index contributed by atoms with van der Waals surface area (Å²) in [5, 5.41) is 0. The van der Waals surface area contributed by atoms with Crippen molar-refractivity contribution in [2.45, 2.75) is 59.0 Å². The lowest BCUT2D eigenvalue weighted by atomic mass is 9.96. The van der Waals surface area contributed by atoms with Gasteiger partial charge < -0.3 is 14.4 Å². The van der Waals surface area contributed by atoms with Gasteiger partial charge in [-0.25, -0.2) is 0 Å². The number of benzene rings is 1. The number of rotatable bonds is 6. The molecule has 2 fully saturated rings. The van der Waals surface area contributed by atoms with Crippen molar-refractivity contribution in [1.82, 2.24) is 9.80 Å². The molecule has 1 saturated heterocycles. The monoisotopic (exact) mass is 428 g/mol. The van der Waals surface area contributed by atoms with E-state index in [1.54, 1.807) is 0 Å². The van der Waals surface area contributed by atoms with Crippen LogP contribution in [0.1, 0.15) is 57.1 Å². The highest BCUT2D eigenvalue weighted by Crippen LogP contribution is 2.58. The molecular formula is C25H36N2O4. The summed E-state index contributed by atoms with van der Waals surface area (Å²) in [5.74, 6) is 1.33. The molecule has 3 aliphatic rings. The summed E-state index contributed by atoms with van der Waals surface area (Å²) in [5.41, 5.74) is 2.56. The SMILES string of the molecule is CCC1(CC)C[C@@H]1C(=O)N1CCOc2ccc(CN3CCC(C(=O)OC)CC3)cc2C1. The van der Waals surface area contributed by atoms with Crippen molar-refractivity contribution < 1.29 is 19.1 Å². The Hall–Kier alpha value is -2.08. The Morgan fingerprint density at radius 2 is 1.90 bits per heavy atom. The lowest BCUT2D eigenvalue weighted by molar-refractivity contribution is -0.147. The van der Waals surface area contributed by atoms with Crippen LogP contribution in [-0.2, 0) is 27.4 Å². The Balaban J connectivity index is 1.39. The van der Waals surface area contributed by atoms with Crippen molar-refractivity contribution in [1.29, 1.82) is 0 Å².